The summed E-state index contributed by atoms with van der Waals surface area (Å²) in [5.74, 6) is -0.664. The second-order valence-corrected chi connectivity index (χ2v) is 9.84. The quantitative estimate of drug-likeness (QED) is 0.486. The third-order valence-electron chi connectivity index (χ3n) is 4.78. The number of anilines is 2. The molecule has 0 unspecified atom stereocenters. The zero-order chi connectivity index (χ0) is 22.8. The Hall–Kier alpha value is -1.75. The van der Waals surface area contributed by atoms with Crippen LogP contribution in [0.5, 0.6) is 5.75 Å². The first-order valence-corrected chi connectivity index (χ1v) is 11.8. The molecule has 0 aromatic heterocycles. The van der Waals surface area contributed by atoms with Crippen molar-refractivity contribution in [3.63, 3.8) is 0 Å². The topological polar surface area (TPSA) is 108 Å². The summed E-state index contributed by atoms with van der Waals surface area (Å²) in [4.78, 5) is 11.9. The zero-order valence-electron chi connectivity index (χ0n) is 16.4. The average molecular weight is 509 g/mol. The first-order valence-electron chi connectivity index (χ1n) is 9.21. The highest BCUT2D eigenvalue weighted by molar-refractivity contribution is 7.89. The molecule has 1 fully saturated rings. The lowest BCUT2D eigenvalue weighted by Gasteiger charge is -2.25. The second-order valence-electron chi connectivity index (χ2n) is 6.82. The molecule has 3 rings (SSSR count). The Morgan fingerprint density at radius 1 is 1.16 bits per heavy atom. The second kappa shape index (κ2) is 9.81. The van der Waals surface area contributed by atoms with E-state index in [9.17, 15) is 18.3 Å². The van der Waals surface area contributed by atoms with E-state index in [4.69, 9.17) is 39.5 Å². The molecule has 31 heavy (non-hydrogen) atoms. The average Bonchev–Trinajstić information content (AvgIpc) is 3.17. The number of nitrogens with one attached hydrogen (secondary N) is 2. The maximum absolute atomic E-state index is 13.2. The molecule has 2 amide bonds. The molecule has 1 saturated heterocycles. The summed E-state index contributed by atoms with van der Waals surface area (Å²) in [6.07, 6.45) is 1.29. The van der Waals surface area contributed by atoms with Gasteiger partial charge < -0.3 is 20.5 Å². The van der Waals surface area contributed by atoms with Gasteiger partial charge in [0.25, 0.3) is 0 Å². The maximum atomic E-state index is 13.2. The van der Waals surface area contributed by atoms with Gasteiger partial charge in [-0.05, 0) is 37.1 Å². The van der Waals surface area contributed by atoms with Crippen LogP contribution in [0.4, 0.5) is 16.2 Å². The van der Waals surface area contributed by atoms with E-state index < -0.39 is 26.7 Å². The molecular formula is C19H20Cl3N3O5S. The number of hydrogen-bond acceptors (Lipinski definition) is 5. The van der Waals surface area contributed by atoms with Crippen molar-refractivity contribution in [2.75, 3.05) is 30.9 Å². The molecule has 8 nitrogen and oxygen atoms in total. The predicted octanol–water partition coefficient (Wildman–Crippen LogP) is 4.80. The minimum atomic E-state index is -4.14. The lowest BCUT2D eigenvalue weighted by Crippen LogP contribution is -2.38. The van der Waals surface area contributed by atoms with Crippen LogP contribution in [0.1, 0.15) is 12.8 Å². The van der Waals surface area contributed by atoms with Crippen LogP contribution in [0.3, 0.4) is 0 Å². The van der Waals surface area contributed by atoms with Gasteiger partial charge in [0.1, 0.15) is 4.90 Å². The Morgan fingerprint density at radius 2 is 1.87 bits per heavy atom. The van der Waals surface area contributed by atoms with Crippen LogP contribution in [0.15, 0.2) is 35.2 Å². The van der Waals surface area contributed by atoms with E-state index in [0.717, 1.165) is 0 Å². The summed E-state index contributed by atoms with van der Waals surface area (Å²) in [5, 5.41) is 15.8. The molecule has 3 N–H and O–H groups in total. The largest absolute Gasteiger partial charge is 0.504 e. The van der Waals surface area contributed by atoms with Crippen LogP contribution >= 0.6 is 34.8 Å². The Labute approximate surface area is 195 Å². The van der Waals surface area contributed by atoms with E-state index in [2.05, 4.69) is 10.6 Å². The van der Waals surface area contributed by atoms with E-state index in [1.54, 1.807) is 12.1 Å². The monoisotopic (exact) mass is 507 g/mol. The van der Waals surface area contributed by atoms with Crippen LogP contribution in [0.25, 0.3) is 0 Å². The first-order chi connectivity index (χ1) is 14.7. The fraction of sp³-hybridized carbons (Fsp3) is 0.316. The van der Waals surface area contributed by atoms with Crippen molar-refractivity contribution in [3.8, 4) is 5.75 Å². The van der Waals surface area contributed by atoms with Gasteiger partial charge in [-0.2, -0.15) is 4.31 Å². The van der Waals surface area contributed by atoms with Crippen molar-refractivity contribution < 1.29 is 23.1 Å². The number of halogens is 3. The number of benzene rings is 2. The van der Waals surface area contributed by atoms with Crippen LogP contribution in [0.2, 0.25) is 15.1 Å². The number of phenols is 1. The number of aromatic hydroxyl groups is 1. The minimum absolute atomic E-state index is 0.138. The Bertz CT molecular complexity index is 1100. The number of urea groups is 1. The standard InChI is InChI=1S/C19H20Cl3N3O5S/c1-30-10-11-4-3-9-25(11)31(28,29)18-13(21)7-8-15(17(18)26)24-19(27)23-14-6-2-5-12(20)16(14)22/h2,5-8,11,26H,3-4,9-10H2,1H3,(H2,23,24,27)/t11-/m0/s1. The molecule has 12 heteroatoms. The number of carbonyl (C=O) groups excluding carboxylic acids is 1. The van der Waals surface area contributed by atoms with E-state index in [0.29, 0.717) is 12.8 Å². The highest BCUT2D eigenvalue weighted by Gasteiger charge is 2.38. The van der Waals surface area contributed by atoms with Crippen molar-refractivity contribution >= 4 is 62.2 Å². The van der Waals surface area contributed by atoms with Gasteiger partial charge in [0.05, 0.1) is 33.0 Å². The number of phenolic OH excluding ortho intramolecular Hbond substituents is 1. The van der Waals surface area contributed by atoms with Crippen molar-refractivity contribution in [3.05, 3.63) is 45.4 Å². The van der Waals surface area contributed by atoms with Crippen LogP contribution < -0.4 is 10.6 Å². The van der Waals surface area contributed by atoms with Gasteiger partial charge in [0.2, 0.25) is 10.0 Å². The number of hydrogen-bond donors (Lipinski definition) is 3. The highest BCUT2D eigenvalue weighted by atomic mass is 35.5. The number of rotatable bonds is 6. The summed E-state index contributed by atoms with van der Waals surface area (Å²) in [7, 11) is -2.65. The Balaban J connectivity index is 1.88. The van der Waals surface area contributed by atoms with Crippen LogP contribution in [-0.4, -0.2) is 50.2 Å². The summed E-state index contributed by atoms with van der Waals surface area (Å²) >= 11 is 18.1. The molecule has 168 valence electrons. The van der Waals surface area contributed by atoms with Gasteiger partial charge in [0, 0.05) is 19.7 Å². The fourth-order valence-corrected chi connectivity index (χ4v) is 6.00. The van der Waals surface area contributed by atoms with Crippen molar-refractivity contribution in [2.45, 2.75) is 23.8 Å². The molecule has 0 spiro atoms. The fourth-order valence-electron chi connectivity index (χ4n) is 3.37. The van der Waals surface area contributed by atoms with E-state index in [-0.39, 0.29) is 45.6 Å². The van der Waals surface area contributed by atoms with Gasteiger partial charge >= 0.3 is 6.03 Å². The van der Waals surface area contributed by atoms with E-state index in [1.165, 1.54) is 29.6 Å². The van der Waals surface area contributed by atoms with Gasteiger partial charge in [-0.25, -0.2) is 13.2 Å². The number of carbonyl (C=O) groups is 1. The van der Waals surface area contributed by atoms with Crippen LogP contribution in [-0.2, 0) is 14.8 Å². The lowest BCUT2D eigenvalue weighted by atomic mass is 10.2. The Kier molecular flexibility index (Phi) is 7.56. The summed E-state index contributed by atoms with van der Waals surface area (Å²) in [5.41, 5.74) is 0.105. The summed E-state index contributed by atoms with van der Waals surface area (Å²) < 4.78 is 32.8. The molecule has 1 aliphatic heterocycles. The van der Waals surface area contributed by atoms with Gasteiger partial charge in [-0.3, -0.25) is 0 Å². The molecule has 0 aliphatic carbocycles. The van der Waals surface area contributed by atoms with Crippen molar-refractivity contribution in [2.24, 2.45) is 0 Å². The molecule has 2 aromatic carbocycles. The number of nitrogens with zero attached hydrogens (tertiary/aromatic N) is 1. The van der Waals surface area contributed by atoms with Crippen LogP contribution in [0, 0.1) is 0 Å². The summed E-state index contributed by atoms with van der Waals surface area (Å²) in [6, 6.07) is 6.16. The number of amides is 2. The number of ether oxygens (including phenoxy) is 1. The first kappa shape index (κ1) is 23.9. The zero-order valence-corrected chi connectivity index (χ0v) is 19.4. The maximum Gasteiger partial charge on any atom is 0.323 e. The number of methoxy groups -OCH3 is 1. The molecule has 2 aromatic rings. The molecule has 0 saturated carbocycles. The van der Waals surface area contributed by atoms with Crippen molar-refractivity contribution in [1.82, 2.24) is 4.31 Å². The number of sulfonamides is 1. The molecule has 0 radical (unpaired) electrons. The predicted molar refractivity (Wildman–Crippen MR) is 121 cm³/mol. The normalized spacial score (nSPS) is 17.0. The lowest BCUT2D eigenvalue weighted by molar-refractivity contribution is 0.149. The highest BCUT2D eigenvalue weighted by Crippen LogP contribution is 2.40. The molecule has 1 aliphatic rings. The van der Waals surface area contributed by atoms with Gasteiger partial charge in [-0.15, -0.1) is 0 Å². The van der Waals surface area contributed by atoms with Gasteiger partial charge in [-0.1, -0.05) is 40.9 Å². The molecule has 0 bridgehead atoms. The summed E-state index contributed by atoms with van der Waals surface area (Å²) in [6.45, 7) is 0.496. The van der Waals surface area contributed by atoms with Gasteiger partial charge in [0.15, 0.2) is 5.75 Å². The van der Waals surface area contributed by atoms with E-state index in [1.807, 2.05) is 0 Å². The Morgan fingerprint density at radius 3 is 2.58 bits per heavy atom. The third kappa shape index (κ3) is 5.02. The van der Waals surface area contributed by atoms with Crippen molar-refractivity contribution in [1.29, 1.82) is 0 Å². The molecule has 1 heterocycles. The van der Waals surface area contributed by atoms with E-state index >= 15 is 0 Å². The molecular weight excluding hydrogens is 489 g/mol. The molecule has 1 atom stereocenters. The minimum Gasteiger partial charge on any atom is -0.504 e. The SMILES string of the molecule is COC[C@@H]1CCCN1S(=O)(=O)c1c(Cl)ccc(NC(=O)Nc2cccc(Cl)c2Cl)c1O. The third-order valence-corrected chi connectivity index (χ3v) is 8.05. The smallest absolute Gasteiger partial charge is 0.323 e.